The van der Waals surface area contributed by atoms with Gasteiger partial charge in [0.1, 0.15) is 12.7 Å². The van der Waals surface area contributed by atoms with E-state index >= 15 is 0 Å². The van der Waals surface area contributed by atoms with Crippen LogP contribution < -0.4 is 9.46 Å². The number of sulfonamides is 1. The second-order valence-electron chi connectivity index (χ2n) is 9.61. The van der Waals surface area contributed by atoms with E-state index in [1.165, 1.54) is 6.26 Å². The van der Waals surface area contributed by atoms with Gasteiger partial charge in [-0.3, -0.25) is 4.68 Å². The largest absolute Gasteiger partial charge is 0.489 e. The van der Waals surface area contributed by atoms with Gasteiger partial charge in [0.25, 0.3) is 0 Å². The minimum Gasteiger partial charge on any atom is -0.489 e. The Morgan fingerprint density at radius 2 is 1.89 bits per heavy atom. The summed E-state index contributed by atoms with van der Waals surface area (Å²) >= 11 is 12.2. The Labute approximate surface area is 222 Å². The number of ether oxygens (including phenoxy) is 1. The minimum absolute atomic E-state index is 0.0322. The zero-order valence-corrected chi connectivity index (χ0v) is 22.7. The number of benzene rings is 2. The maximum atomic E-state index is 11.4. The summed E-state index contributed by atoms with van der Waals surface area (Å²) in [6, 6.07) is 14.2. The lowest BCUT2D eigenvalue weighted by Gasteiger charge is -2.35. The van der Waals surface area contributed by atoms with Crippen LogP contribution in [-0.2, 0) is 15.4 Å². The normalized spacial score (nSPS) is 17.9. The van der Waals surface area contributed by atoms with Gasteiger partial charge in [0.05, 0.1) is 35.0 Å². The van der Waals surface area contributed by atoms with Gasteiger partial charge in [0, 0.05) is 23.2 Å². The topological polar surface area (TPSA) is 97.0 Å². The van der Waals surface area contributed by atoms with Crippen LogP contribution in [0.1, 0.15) is 49.4 Å². The van der Waals surface area contributed by atoms with Crippen molar-refractivity contribution >= 4 is 33.2 Å². The van der Waals surface area contributed by atoms with Gasteiger partial charge in [-0.05, 0) is 41.7 Å². The molecule has 0 bridgehead atoms. The van der Waals surface area contributed by atoms with Crippen molar-refractivity contribution in [1.29, 1.82) is 5.26 Å². The highest BCUT2D eigenvalue weighted by atomic mass is 35.5. The summed E-state index contributed by atoms with van der Waals surface area (Å²) in [5.41, 5.74) is 3.98. The van der Waals surface area contributed by atoms with Crippen LogP contribution in [0.15, 0.2) is 48.8 Å². The third-order valence-electron chi connectivity index (χ3n) is 6.62. The Bertz CT molecular complexity index is 1390. The van der Waals surface area contributed by atoms with E-state index in [9.17, 15) is 13.7 Å². The summed E-state index contributed by atoms with van der Waals surface area (Å²) in [5.74, 6) is 0.665. The van der Waals surface area contributed by atoms with Crippen LogP contribution in [0.5, 0.6) is 5.75 Å². The molecule has 1 saturated carbocycles. The number of nitrogens with zero attached hydrogens (tertiary/aromatic N) is 3. The summed E-state index contributed by atoms with van der Waals surface area (Å²) in [6.07, 6.45) is 6.46. The lowest BCUT2D eigenvalue weighted by molar-refractivity contribution is 0.233. The summed E-state index contributed by atoms with van der Waals surface area (Å²) in [6.45, 7) is 4.45. The van der Waals surface area contributed by atoms with Gasteiger partial charge >= 0.3 is 0 Å². The molecule has 7 nitrogen and oxygen atoms in total. The van der Waals surface area contributed by atoms with Crippen LogP contribution in [-0.4, -0.2) is 43.0 Å². The highest BCUT2D eigenvalue weighted by Crippen LogP contribution is 2.39. The monoisotopic (exact) mass is 546 g/mol. The van der Waals surface area contributed by atoms with E-state index in [1.54, 1.807) is 0 Å². The average Bonchev–Trinajstić information content (AvgIpc) is 3.29. The van der Waals surface area contributed by atoms with E-state index in [-0.39, 0.29) is 18.7 Å². The maximum Gasteiger partial charge on any atom is 0.208 e. The van der Waals surface area contributed by atoms with Gasteiger partial charge in [-0.15, -0.1) is 11.6 Å². The molecule has 1 heterocycles. The number of alkyl halides is 1. The summed E-state index contributed by atoms with van der Waals surface area (Å²) in [4.78, 5) is 0. The van der Waals surface area contributed by atoms with Crippen LogP contribution >= 0.6 is 23.2 Å². The van der Waals surface area contributed by atoms with E-state index in [2.05, 4.69) is 54.0 Å². The summed E-state index contributed by atoms with van der Waals surface area (Å²) < 4.78 is 32.9. The molecule has 1 aliphatic rings. The van der Waals surface area contributed by atoms with Crippen molar-refractivity contribution in [3.8, 4) is 22.9 Å². The first-order valence-electron chi connectivity index (χ1n) is 11.6. The number of hydrogen-bond donors (Lipinski definition) is 1. The zero-order valence-electron chi connectivity index (χ0n) is 20.3. The molecule has 0 aliphatic heterocycles. The second kappa shape index (κ2) is 10.4. The van der Waals surface area contributed by atoms with Crippen molar-refractivity contribution in [3.05, 3.63) is 70.5 Å². The van der Waals surface area contributed by atoms with E-state index in [0.29, 0.717) is 22.2 Å². The molecule has 10 heteroatoms. The fourth-order valence-corrected chi connectivity index (χ4v) is 5.61. The van der Waals surface area contributed by atoms with Crippen LogP contribution in [0.2, 0.25) is 5.02 Å². The molecule has 4 rings (SSSR count). The van der Waals surface area contributed by atoms with Gasteiger partial charge in [-0.25, -0.2) is 13.1 Å². The number of nitriles is 1. The Morgan fingerprint density at radius 1 is 1.19 bits per heavy atom. The smallest absolute Gasteiger partial charge is 0.208 e. The molecule has 3 aromatic rings. The van der Waals surface area contributed by atoms with Gasteiger partial charge in [-0.2, -0.15) is 10.4 Å². The highest BCUT2D eigenvalue weighted by Gasteiger charge is 2.33. The van der Waals surface area contributed by atoms with E-state index in [4.69, 9.17) is 27.9 Å². The molecule has 0 saturated heterocycles. The second-order valence-corrected chi connectivity index (χ2v) is 12.2. The lowest BCUT2D eigenvalue weighted by atomic mass is 9.77. The molecular weight excluding hydrogens is 519 g/mol. The van der Waals surface area contributed by atoms with Crippen molar-refractivity contribution in [2.75, 3.05) is 18.7 Å². The van der Waals surface area contributed by atoms with Crippen molar-refractivity contribution < 1.29 is 13.2 Å². The first-order valence-corrected chi connectivity index (χ1v) is 14.4. The fraction of sp³-hybridized carbons (Fsp3) is 0.385. The van der Waals surface area contributed by atoms with Gasteiger partial charge < -0.3 is 4.74 Å². The van der Waals surface area contributed by atoms with Crippen molar-refractivity contribution in [1.82, 2.24) is 14.5 Å². The number of hydrogen-bond acceptors (Lipinski definition) is 5. The maximum absolute atomic E-state index is 11.4. The molecule has 1 aliphatic carbocycles. The quantitative estimate of drug-likeness (QED) is 0.368. The molecule has 0 spiro atoms. The predicted molar refractivity (Wildman–Crippen MR) is 142 cm³/mol. The van der Waals surface area contributed by atoms with E-state index in [0.717, 1.165) is 35.1 Å². The third-order valence-corrected chi connectivity index (χ3v) is 7.82. The zero-order chi connectivity index (χ0) is 26.1. The molecular formula is C26H28Cl2N4O3S. The first-order chi connectivity index (χ1) is 17.0. The number of aromatic nitrogens is 2. The van der Waals surface area contributed by atoms with E-state index in [1.807, 2.05) is 29.2 Å². The van der Waals surface area contributed by atoms with Crippen LogP contribution in [0, 0.1) is 11.3 Å². The summed E-state index contributed by atoms with van der Waals surface area (Å²) in [7, 11) is -3.19. The Balaban J connectivity index is 1.50. The molecule has 0 unspecified atom stereocenters. The number of rotatable bonds is 9. The van der Waals surface area contributed by atoms with Gasteiger partial charge in [0.2, 0.25) is 10.0 Å². The molecule has 2 aromatic carbocycles. The Morgan fingerprint density at radius 3 is 2.50 bits per heavy atom. The first kappa shape index (κ1) is 26.5. The molecule has 0 atom stereocenters. The Kier molecular flexibility index (Phi) is 7.67. The van der Waals surface area contributed by atoms with Crippen LogP contribution in [0.25, 0.3) is 11.1 Å². The van der Waals surface area contributed by atoms with E-state index < -0.39 is 15.4 Å². The van der Waals surface area contributed by atoms with Crippen LogP contribution in [0.3, 0.4) is 0 Å². The fourth-order valence-electron chi connectivity index (χ4n) is 4.46. The average molecular weight is 548 g/mol. The molecule has 0 radical (unpaired) electrons. The molecule has 190 valence electrons. The highest BCUT2D eigenvalue weighted by molar-refractivity contribution is 7.88. The van der Waals surface area contributed by atoms with Crippen LogP contribution in [0.4, 0.5) is 0 Å². The van der Waals surface area contributed by atoms with Crippen molar-refractivity contribution in [2.24, 2.45) is 0 Å². The lowest BCUT2D eigenvalue weighted by Crippen LogP contribution is -2.44. The predicted octanol–water partition coefficient (Wildman–Crippen LogP) is 5.27. The van der Waals surface area contributed by atoms with Crippen molar-refractivity contribution in [3.63, 3.8) is 0 Å². The SMILES string of the molecule is CC(C)(c1ccc(-c2cnn([C@H]3C[C@H](NS(C)(=O)=O)C3)c2)cc1)c1cc(Cl)c(OCCCl)c(C#N)c1. The third kappa shape index (κ3) is 5.70. The minimum atomic E-state index is -3.19. The van der Waals surface area contributed by atoms with Gasteiger partial charge in [0.15, 0.2) is 5.75 Å². The molecule has 36 heavy (non-hydrogen) atoms. The standard InChI is InChI=1S/C26H28Cl2N4O3S/c1-26(2,21-10-18(14-29)25(24(28)11-21)35-9-8-27)20-6-4-17(5-7-20)19-15-30-32(16-19)23-12-22(13-23)31-36(3,33)34/h4-7,10-11,15-16,22-23,31H,8-9,12-13H2,1-3H3/t22-,23-. The van der Waals surface area contributed by atoms with Crippen molar-refractivity contribution in [2.45, 2.75) is 44.2 Å². The summed E-state index contributed by atoms with van der Waals surface area (Å²) in [5, 5.41) is 14.5. The Hall–Kier alpha value is -2.57. The molecule has 1 aromatic heterocycles. The number of halogens is 2. The molecule has 1 fully saturated rings. The number of nitrogens with one attached hydrogen (secondary N) is 1. The molecule has 0 amide bonds. The molecule has 1 N–H and O–H groups in total. The van der Waals surface area contributed by atoms with Gasteiger partial charge in [-0.1, -0.05) is 49.7 Å².